The molecule has 0 fully saturated rings. The molecule has 0 bridgehead atoms. The van der Waals surface area contributed by atoms with E-state index >= 15 is 0 Å². The Labute approximate surface area is 356 Å². The molecule has 13 heteroatoms. The molecule has 0 aliphatic heterocycles. The Bertz CT molecular complexity index is 1250. The summed E-state index contributed by atoms with van der Waals surface area (Å²) in [5.74, 6) is -2.48. The molecule has 0 aliphatic carbocycles. The SMILES string of the molecule is CC/C=C\C(O)C/C=C/C=C\C/C=C\C/C=C\CCCC(=O)O[C@H](COC(=O)CCCCCCCCCCCCCCCCCCC)COP(=O)(O)OC[C@H](N)C(=O)O. The highest BCUT2D eigenvalue weighted by molar-refractivity contribution is 7.47. The quantitative estimate of drug-likeness (QED) is 0.0150. The van der Waals surface area contributed by atoms with Crippen molar-refractivity contribution in [3.63, 3.8) is 0 Å². The molecular weight excluding hydrogens is 773 g/mol. The van der Waals surface area contributed by atoms with Gasteiger partial charge in [0.2, 0.25) is 0 Å². The zero-order valence-corrected chi connectivity index (χ0v) is 37.3. The Balaban J connectivity index is 4.46. The fourth-order valence-corrected chi connectivity index (χ4v) is 6.61. The number of allylic oxidation sites excluding steroid dienone is 8. The maximum absolute atomic E-state index is 12.6. The number of aliphatic carboxylic acids is 1. The molecule has 0 saturated heterocycles. The van der Waals surface area contributed by atoms with Crippen LogP contribution in [0.2, 0.25) is 0 Å². The van der Waals surface area contributed by atoms with E-state index in [1.807, 2.05) is 55.5 Å². The summed E-state index contributed by atoms with van der Waals surface area (Å²) >= 11 is 0. The number of esters is 2. The Kier molecular flexibility index (Phi) is 38.6. The van der Waals surface area contributed by atoms with Crippen LogP contribution in [0.3, 0.4) is 0 Å². The third-order valence-electron chi connectivity index (χ3n) is 9.35. The lowest BCUT2D eigenvalue weighted by Gasteiger charge is -2.20. The van der Waals surface area contributed by atoms with E-state index in [9.17, 15) is 28.9 Å². The van der Waals surface area contributed by atoms with E-state index in [1.54, 1.807) is 6.08 Å². The van der Waals surface area contributed by atoms with Gasteiger partial charge in [0.1, 0.15) is 12.6 Å². The maximum atomic E-state index is 12.6. The number of phosphoric ester groups is 1. The number of carbonyl (C=O) groups is 3. The second kappa shape index (κ2) is 40.5. The molecular formula is C46H80NO11P. The van der Waals surface area contributed by atoms with Crippen LogP contribution >= 0.6 is 7.82 Å². The molecule has 0 aromatic rings. The summed E-state index contributed by atoms with van der Waals surface area (Å²) < 4.78 is 32.6. The van der Waals surface area contributed by atoms with Crippen molar-refractivity contribution in [2.75, 3.05) is 19.8 Å². The number of carboxylic acid groups (broad SMARTS) is 1. The van der Waals surface area contributed by atoms with E-state index in [0.717, 1.165) is 38.5 Å². The first kappa shape index (κ1) is 56.1. The predicted molar refractivity (Wildman–Crippen MR) is 237 cm³/mol. The minimum absolute atomic E-state index is 0.0643. The number of hydrogen-bond donors (Lipinski definition) is 4. The van der Waals surface area contributed by atoms with E-state index in [-0.39, 0.29) is 19.4 Å². The minimum atomic E-state index is -4.74. The molecule has 5 N–H and O–H groups in total. The van der Waals surface area contributed by atoms with Crippen molar-refractivity contribution < 1.29 is 52.6 Å². The molecule has 340 valence electrons. The third-order valence-corrected chi connectivity index (χ3v) is 10.3. The number of ether oxygens (including phenoxy) is 2. The Morgan fingerprint density at radius 2 is 1.14 bits per heavy atom. The number of rotatable bonds is 41. The molecule has 0 saturated carbocycles. The second-order valence-corrected chi connectivity index (χ2v) is 16.5. The molecule has 0 spiro atoms. The highest BCUT2D eigenvalue weighted by Crippen LogP contribution is 2.43. The molecule has 0 aromatic carbocycles. The van der Waals surface area contributed by atoms with Crippen LogP contribution in [0, 0.1) is 0 Å². The highest BCUT2D eigenvalue weighted by Gasteiger charge is 2.28. The Hall–Kier alpha value is -2.86. The van der Waals surface area contributed by atoms with E-state index < -0.39 is 57.2 Å². The van der Waals surface area contributed by atoms with Gasteiger partial charge in [0.15, 0.2) is 6.10 Å². The lowest BCUT2D eigenvalue weighted by molar-refractivity contribution is -0.161. The van der Waals surface area contributed by atoms with Gasteiger partial charge in [0.25, 0.3) is 0 Å². The number of aliphatic hydroxyl groups is 1. The van der Waals surface area contributed by atoms with Crippen molar-refractivity contribution >= 4 is 25.7 Å². The van der Waals surface area contributed by atoms with Crippen molar-refractivity contribution in [2.24, 2.45) is 5.73 Å². The van der Waals surface area contributed by atoms with Gasteiger partial charge >= 0.3 is 25.7 Å². The van der Waals surface area contributed by atoms with Crippen LogP contribution in [-0.4, -0.2) is 71.1 Å². The van der Waals surface area contributed by atoms with Crippen molar-refractivity contribution in [1.82, 2.24) is 0 Å². The van der Waals surface area contributed by atoms with Gasteiger partial charge in [-0.05, 0) is 44.9 Å². The summed E-state index contributed by atoms with van der Waals surface area (Å²) in [5.41, 5.74) is 5.33. The van der Waals surface area contributed by atoms with Crippen LogP contribution < -0.4 is 5.73 Å². The fourth-order valence-electron chi connectivity index (χ4n) is 5.83. The summed E-state index contributed by atoms with van der Waals surface area (Å²) in [5, 5.41) is 18.7. The topological polar surface area (TPSA) is 192 Å². The zero-order valence-electron chi connectivity index (χ0n) is 36.4. The predicted octanol–water partition coefficient (Wildman–Crippen LogP) is 10.9. The zero-order chi connectivity index (χ0) is 43.7. The average Bonchev–Trinajstić information content (AvgIpc) is 3.21. The van der Waals surface area contributed by atoms with Gasteiger partial charge < -0.3 is 30.3 Å². The smallest absolute Gasteiger partial charge is 0.472 e. The third kappa shape index (κ3) is 40.3. The lowest BCUT2D eigenvalue weighted by Crippen LogP contribution is -2.34. The molecule has 0 radical (unpaired) electrons. The molecule has 59 heavy (non-hydrogen) atoms. The van der Waals surface area contributed by atoms with Gasteiger partial charge in [-0.15, -0.1) is 0 Å². The average molecular weight is 854 g/mol. The largest absolute Gasteiger partial charge is 0.480 e. The maximum Gasteiger partial charge on any atom is 0.472 e. The molecule has 12 nitrogen and oxygen atoms in total. The first-order valence-electron chi connectivity index (χ1n) is 22.4. The molecule has 0 aromatic heterocycles. The molecule has 0 rings (SSSR count). The Morgan fingerprint density at radius 1 is 0.627 bits per heavy atom. The number of phosphoric acid groups is 1. The summed E-state index contributed by atoms with van der Waals surface area (Å²) in [7, 11) is -4.74. The van der Waals surface area contributed by atoms with Gasteiger partial charge in [0.05, 0.1) is 19.3 Å². The summed E-state index contributed by atoms with van der Waals surface area (Å²) in [6.45, 7) is 2.51. The van der Waals surface area contributed by atoms with Crippen LogP contribution in [0.4, 0.5) is 0 Å². The molecule has 2 unspecified atom stereocenters. The van der Waals surface area contributed by atoms with E-state index in [1.165, 1.54) is 83.5 Å². The van der Waals surface area contributed by atoms with Gasteiger partial charge in [-0.2, -0.15) is 0 Å². The summed E-state index contributed by atoms with van der Waals surface area (Å²) in [6.07, 6.45) is 43.5. The fraction of sp³-hybridized carbons (Fsp3) is 0.717. The van der Waals surface area contributed by atoms with Crippen LogP contribution in [-0.2, 0) is 37.5 Å². The van der Waals surface area contributed by atoms with Crippen LogP contribution in [0.25, 0.3) is 0 Å². The number of carboxylic acids is 1. The number of nitrogens with two attached hydrogens (primary N) is 1. The lowest BCUT2D eigenvalue weighted by atomic mass is 10.0. The summed E-state index contributed by atoms with van der Waals surface area (Å²) in [6, 6.07) is -1.54. The van der Waals surface area contributed by atoms with Gasteiger partial charge in [-0.1, -0.05) is 177 Å². The molecule has 0 aliphatic rings. The molecule has 0 amide bonds. The van der Waals surface area contributed by atoms with E-state index in [4.69, 9.17) is 24.8 Å². The Morgan fingerprint density at radius 3 is 1.71 bits per heavy atom. The first-order chi connectivity index (χ1) is 28.5. The van der Waals surface area contributed by atoms with Gasteiger partial charge in [-0.3, -0.25) is 23.4 Å². The first-order valence-corrected chi connectivity index (χ1v) is 23.9. The van der Waals surface area contributed by atoms with Crippen molar-refractivity contribution in [1.29, 1.82) is 0 Å². The second-order valence-electron chi connectivity index (χ2n) is 15.0. The van der Waals surface area contributed by atoms with Crippen LogP contribution in [0.15, 0.2) is 60.8 Å². The van der Waals surface area contributed by atoms with Crippen LogP contribution in [0.5, 0.6) is 0 Å². The van der Waals surface area contributed by atoms with Gasteiger partial charge in [-0.25, -0.2) is 4.57 Å². The standard InChI is InChI=1S/C46H80NO11P/c1-3-5-7-8-9-10-11-12-13-14-15-16-20-23-26-29-32-36-44(49)55-38-42(39-56-59(53,54)57-40-43(47)46(51)52)58-45(50)37-33-30-27-24-21-18-17-19-22-25-28-31-35-41(48)34-6-4-2/h6,17-18,22,24-25,27-28,31,34,41-43,48H,3-5,7-16,19-21,23,26,29-30,32-33,35-40,47H2,1-2H3,(H,51,52)(H,53,54)/b18-17-,25-22-,27-24-,31-28+,34-6-/t41?,42-,43+/m1/s1. The number of aliphatic hydroxyl groups excluding tert-OH is 1. The number of carbonyl (C=O) groups excluding carboxylic acids is 2. The molecule has 0 heterocycles. The van der Waals surface area contributed by atoms with Gasteiger partial charge in [0, 0.05) is 12.8 Å². The van der Waals surface area contributed by atoms with E-state index in [2.05, 4.69) is 17.5 Å². The van der Waals surface area contributed by atoms with Crippen molar-refractivity contribution in [3.8, 4) is 0 Å². The number of hydrogen-bond acceptors (Lipinski definition) is 10. The highest BCUT2D eigenvalue weighted by atomic mass is 31.2. The van der Waals surface area contributed by atoms with Crippen molar-refractivity contribution in [2.45, 2.75) is 193 Å². The minimum Gasteiger partial charge on any atom is -0.480 e. The van der Waals surface area contributed by atoms with Crippen molar-refractivity contribution in [3.05, 3.63) is 60.8 Å². The normalized spacial score (nSPS) is 14.8. The monoisotopic (exact) mass is 854 g/mol. The van der Waals surface area contributed by atoms with E-state index in [0.29, 0.717) is 25.7 Å². The summed E-state index contributed by atoms with van der Waals surface area (Å²) in [4.78, 5) is 46.0. The van der Waals surface area contributed by atoms with Crippen LogP contribution in [0.1, 0.15) is 174 Å². The number of unbranched alkanes of at least 4 members (excludes halogenated alkanes) is 17. The molecule has 4 atom stereocenters.